The van der Waals surface area contributed by atoms with E-state index in [0.717, 1.165) is 0 Å². The summed E-state index contributed by atoms with van der Waals surface area (Å²) in [5.74, 6) is -0.0328. The van der Waals surface area contributed by atoms with Crippen molar-refractivity contribution in [3.05, 3.63) is 96.4 Å². The molecule has 0 aliphatic carbocycles. The van der Waals surface area contributed by atoms with Crippen LogP contribution < -0.4 is 10.1 Å². The number of hydrogen-bond donors (Lipinski definition) is 1. The molecule has 0 saturated carbocycles. The molecule has 0 unspecified atom stereocenters. The quantitative estimate of drug-likeness (QED) is 0.496. The fourth-order valence-corrected chi connectivity index (χ4v) is 2.73. The minimum Gasteiger partial charge on any atom is -0.456 e. The molecule has 4 nitrogen and oxygen atoms in total. The van der Waals surface area contributed by atoms with E-state index in [1.165, 1.54) is 6.07 Å². The molecule has 0 atom stereocenters. The van der Waals surface area contributed by atoms with Gasteiger partial charge in [0, 0.05) is 22.7 Å². The molecule has 1 aromatic heterocycles. The van der Waals surface area contributed by atoms with Gasteiger partial charge in [0.2, 0.25) is 5.95 Å². The molecule has 0 aliphatic rings. The van der Waals surface area contributed by atoms with Gasteiger partial charge in [-0.2, -0.15) is 4.39 Å². The molecule has 1 heterocycles. The van der Waals surface area contributed by atoms with Crippen molar-refractivity contribution in [1.29, 1.82) is 0 Å². The SMILES string of the molecule is O=C(Nc1ccccc1)c1ccc2nc(F)cc(Oc3ccccc3)c2c1. The maximum Gasteiger partial charge on any atom is 0.255 e. The number of rotatable bonds is 4. The molecule has 1 amide bonds. The number of nitrogens with zero attached hydrogens (tertiary/aromatic N) is 1. The van der Waals surface area contributed by atoms with Gasteiger partial charge in [0.1, 0.15) is 11.5 Å². The van der Waals surface area contributed by atoms with Crippen molar-refractivity contribution in [2.45, 2.75) is 0 Å². The van der Waals surface area contributed by atoms with Gasteiger partial charge in [0.25, 0.3) is 5.91 Å². The minimum atomic E-state index is -0.644. The molecule has 0 bridgehead atoms. The van der Waals surface area contributed by atoms with Gasteiger partial charge in [0.15, 0.2) is 0 Å². The van der Waals surface area contributed by atoms with Crippen molar-refractivity contribution in [3.63, 3.8) is 0 Å². The van der Waals surface area contributed by atoms with Crippen molar-refractivity contribution < 1.29 is 13.9 Å². The molecule has 3 aromatic carbocycles. The van der Waals surface area contributed by atoms with Crippen molar-refractivity contribution in [2.24, 2.45) is 0 Å². The molecule has 27 heavy (non-hydrogen) atoms. The second-order valence-corrected chi connectivity index (χ2v) is 5.91. The van der Waals surface area contributed by atoms with E-state index >= 15 is 0 Å². The largest absolute Gasteiger partial charge is 0.456 e. The van der Waals surface area contributed by atoms with E-state index in [9.17, 15) is 9.18 Å². The van der Waals surface area contributed by atoms with Crippen LogP contribution in [-0.2, 0) is 0 Å². The number of carbonyl (C=O) groups is 1. The summed E-state index contributed by atoms with van der Waals surface area (Å²) in [6, 6.07) is 24.3. The standard InChI is InChI=1S/C22H15FN2O2/c23-21-14-20(27-17-9-5-2-6-10-17)18-13-15(11-12-19(18)25-21)22(26)24-16-7-3-1-4-8-16/h1-14H,(H,24,26). The molecule has 0 radical (unpaired) electrons. The lowest BCUT2D eigenvalue weighted by molar-refractivity contribution is 0.102. The minimum absolute atomic E-state index is 0.266. The Labute approximate surface area is 155 Å². The lowest BCUT2D eigenvalue weighted by atomic mass is 10.1. The van der Waals surface area contributed by atoms with Crippen LogP contribution in [0.3, 0.4) is 0 Å². The van der Waals surface area contributed by atoms with Crippen LogP contribution >= 0.6 is 0 Å². The van der Waals surface area contributed by atoms with E-state index in [-0.39, 0.29) is 5.91 Å². The van der Waals surface area contributed by atoms with Crippen LogP contribution in [0.4, 0.5) is 10.1 Å². The predicted molar refractivity (Wildman–Crippen MR) is 103 cm³/mol. The van der Waals surface area contributed by atoms with Gasteiger partial charge >= 0.3 is 0 Å². The number of carbonyl (C=O) groups excluding carboxylic acids is 1. The van der Waals surface area contributed by atoms with Crippen LogP contribution in [0.25, 0.3) is 10.9 Å². The molecular weight excluding hydrogens is 343 g/mol. The smallest absolute Gasteiger partial charge is 0.255 e. The van der Waals surface area contributed by atoms with Crippen LogP contribution in [0.5, 0.6) is 11.5 Å². The third-order valence-corrected chi connectivity index (χ3v) is 4.00. The number of fused-ring (bicyclic) bond motifs is 1. The molecule has 0 aliphatic heterocycles. The van der Waals surface area contributed by atoms with Gasteiger partial charge in [-0.15, -0.1) is 0 Å². The number of nitrogens with one attached hydrogen (secondary N) is 1. The number of para-hydroxylation sites is 2. The highest BCUT2D eigenvalue weighted by molar-refractivity contribution is 6.06. The van der Waals surface area contributed by atoms with Crippen molar-refractivity contribution in [1.82, 2.24) is 4.98 Å². The van der Waals surface area contributed by atoms with Gasteiger partial charge in [-0.05, 0) is 42.5 Å². The fraction of sp³-hybridized carbons (Fsp3) is 0. The molecule has 0 saturated heterocycles. The zero-order chi connectivity index (χ0) is 18.6. The highest BCUT2D eigenvalue weighted by Crippen LogP contribution is 2.30. The second-order valence-electron chi connectivity index (χ2n) is 5.91. The first kappa shape index (κ1) is 16.7. The number of halogens is 1. The van der Waals surface area contributed by atoms with Crippen LogP contribution in [-0.4, -0.2) is 10.9 Å². The van der Waals surface area contributed by atoms with E-state index in [0.29, 0.717) is 33.7 Å². The highest BCUT2D eigenvalue weighted by atomic mass is 19.1. The van der Waals surface area contributed by atoms with Gasteiger partial charge in [-0.1, -0.05) is 36.4 Å². The fourth-order valence-electron chi connectivity index (χ4n) is 2.73. The average Bonchev–Trinajstić information content (AvgIpc) is 2.69. The first-order chi connectivity index (χ1) is 13.2. The van der Waals surface area contributed by atoms with Crippen LogP contribution in [0, 0.1) is 5.95 Å². The molecule has 1 N–H and O–H groups in total. The summed E-state index contributed by atoms with van der Waals surface area (Å²) in [5, 5.41) is 3.39. The highest BCUT2D eigenvalue weighted by Gasteiger charge is 2.12. The van der Waals surface area contributed by atoms with Crippen molar-refractivity contribution in [2.75, 3.05) is 5.32 Å². The number of anilines is 1. The molecule has 5 heteroatoms. The van der Waals surface area contributed by atoms with Crippen LogP contribution in [0.15, 0.2) is 84.9 Å². The van der Waals surface area contributed by atoms with Gasteiger partial charge in [-0.25, -0.2) is 4.98 Å². The predicted octanol–water partition coefficient (Wildman–Crippen LogP) is 5.42. The summed E-state index contributed by atoms with van der Waals surface area (Å²) in [6.45, 7) is 0. The Bertz CT molecular complexity index is 1100. The Morgan fingerprint density at radius 3 is 2.33 bits per heavy atom. The third kappa shape index (κ3) is 3.77. The zero-order valence-corrected chi connectivity index (χ0v) is 14.2. The average molecular weight is 358 g/mol. The Morgan fingerprint density at radius 1 is 0.889 bits per heavy atom. The summed E-state index contributed by atoms with van der Waals surface area (Å²) >= 11 is 0. The second kappa shape index (κ2) is 7.25. The molecule has 4 rings (SSSR count). The van der Waals surface area contributed by atoms with E-state index in [1.807, 2.05) is 36.4 Å². The molecule has 0 spiro atoms. The number of hydrogen-bond acceptors (Lipinski definition) is 3. The summed E-state index contributed by atoms with van der Waals surface area (Å²) in [6.07, 6.45) is 0. The Hall–Kier alpha value is -3.73. The number of benzene rings is 3. The maximum atomic E-state index is 13.9. The first-order valence-electron chi connectivity index (χ1n) is 8.39. The number of pyridine rings is 1. The van der Waals surface area contributed by atoms with E-state index < -0.39 is 5.95 Å². The lowest BCUT2D eigenvalue weighted by Crippen LogP contribution is -2.11. The Balaban J connectivity index is 1.71. The van der Waals surface area contributed by atoms with Gasteiger partial charge in [0.05, 0.1) is 5.52 Å². The van der Waals surface area contributed by atoms with E-state index in [2.05, 4.69) is 10.3 Å². The summed E-state index contributed by atoms with van der Waals surface area (Å²) < 4.78 is 19.7. The third-order valence-electron chi connectivity index (χ3n) is 4.00. The summed E-state index contributed by atoms with van der Waals surface area (Å²) in [5.41, 5.74) is 1.54. The van der Waals surface area contributed by atoms with E-state index in [4.69, 9.17) is 4.74 Å². The monoisotopic (exact) mass is 358 g/mol. The van der Waals surface area contributed by atoms with Gasteiger partial charge in [-0.3, -0.25) is 4.79 Å². The van der Waals surface area contributed by atoms with Crippen LogP contribution in [0.2, 0.25) is 0 Å². The maximum absolute atomic E-state index is 13.9. The Kier molecular flexibility index (Phi) is 4.49. The first-order valence-corrected chi connectivity index (χ1v) is 8.39. The Morgan fingerprint density at radius 2 is 1.59 bits per heavy atom. The number of aromatic nitrogens is 1. The zero-order valence-electron chi connectivity index (χ0n) is 14.2. The molecule has 132 valence electrons. The van der Waals surface area contributed by atoms with E-state index in [1.54, 1.807) is 42.5 Å². The van der Waals surface area contributed by atoms with Crippen molar-refractivity contribution >= 4 is 22.5 Å². The molecule has 4 aromatic rings. The topological polar surface area (TPSA) is 51.2 Å². The molecule has 0 fully saturated rings. The lowest BCUT2D eigenvalue weighted by Gasteiger charge is -2.11. The number of ether oxygens (including phenoxy) is 1. The summed E-state index contributed by atoms with van der Waals surface area (Å²) in [7, 11) is 0. The van der Waals surface area contributed by atoms with Crippen molar-refractivity contribution in [3.8, 4) is 11.5 Å². The molecular formula is C22H15FN2O2. The summed E-state index contributed by atoms with van der Waals surface area (Å²) in [4.78, 5) is 16.4. The normalized spacial score (nSPS) is 10.6. The van der Waals surface area contributed by atoms with Crippen LogP contribution in [0.1, 0.15) is 10.4 Å². The number of amides is 1. The van der Waals surface area contributed by atoms with Gasteiger partial charge < -0.3 is 10.1 Å².